The van der Waals surface area contributed by atoms with Crippen molar-refractivity contribution in [1.29, 1.82) is 0 Å². The summed E-state index contributed by atoms with van der Waals surface area (Å²) < 4.78 is 27.0. The molecule has 0 aliphatic heterocycles. The van der Waals surface area contributed by atoms with Crippen LogP contribution in [0.25, 0.3) is 22.3 Å². The number of rotatable bonds is 6. The summed E-state index contributed by atoms with van der Waals surface area (Å²) in [5.41, 5.74) is 4.78. The van der Waals surface area contributed by atoms with Crippen molar-refractivity contribution < 1.29 is 13.2 Å². The molecule has 0 saturated heterocycles. The fourth-order valence-corrected chi connectivity index (χ4v) is 4.05. The molecule has 2 heterocycles. The first-order chi connectivity index (χ1) is 15.6. The van der Waals surface area contributed by atoms with E-state index in [-0.39, 0.29) is 11.9 Å². The Hall–Kier alpha value is -3.72. The average Bonchev–Trinajstić information content (AvgIpc) is 3.18. The number of sulfonamides is 1. The number of hydrogen-bond donors (Lipinski definition) is 2. The predicted molar refractivity (Wildman–Crippen MR) is 131 cm³/mol. The van der Waals surface area contributed by atoms with Crippen LogP contribution in [0.15, 0.2) is 60.8 Å². The average molecular weight is 464 g/mol. The van der Waals surface area contributed by atoms with Gasteiger partial charge >= 0.3 is 0 Å². The van der Waals surface area contributed by atoms with Crippen molar-refractivity contribution in [3.63, 3.8) is 0 Å². The van der Waals surface area contributed by atoms with E-state index in [9.17, 15) is 13.2 Å². The summed E-state index contributed by atoms with van der Waals surface area (Å²) in [6.45, 7) is 6.04. The molecule has 8 nitrogen and oxygen atoms in total. The third-order valence-electron chi connectivity index (χ3n) is 5.09. The smallest absolute Gasteiger partial charge is 0.256 e. The first-order valence-electron chi connectivity index (χ1n) is 10.5. The second-order valence-corrected chi connectivity index (χ2v) is 10.00. The lowest BCUT2D eigenvalue weighted by atomic mass is 10.0. The first kappa shape index (κ1) is 22.5. The van der Waals surface area contributed by atoms with Crippen LogP contribution in [0.2, 0.25) is 0 Å². The number of benzene rings is 2. The van der Waals surface area contributed by atoms with Gasteiger partial charge in [0.15, 0.2) is 5.65 Å². The lowest BCUT2D eigenvalue weighted by molar-refractivity contribution is 0.102. The Balaban J connectivity index is 1.72. The minimum atomic E-state index is -3.37. The molecule has 0 unspecified atom stereocenters. The van der Waals surface area contributed by atoms with Crippen LogP contribution in [0.1, 0.15) is 35.8 Å². The lowest BCUT2D eigenvalue weighted by Gasteiger charge is -2.12. The molecule has 0 spiro atoms. The number of pyridine rings is 1. The fourth-order valence-electron chi connectivity index (χ4n) is 3.49. The Bertz CT molecular complexity index is 1420. The van der Waals surface area contributed by atoms with Crippen molar-refractivity contribution in [3.8, 4) is 11.3 Å². The van der Waals surface area contributed by atoms with E-state index in [1.807, 2.05) is 45.0 Å². The van der Waals surface area contributed by atoms with Crippen LogP contribution in [0.3, 0.4) is 0 Å². The van der Waals surface area contributed by atoms with E-state index >= 15 is 0 Å². The number of anilines is 2. The number of amides is 1. The summed E-state index contributed by atoms with van der Waals surface area (Å²) in [7, 11) is -3.37. The standard InChI is InChI=1S/C24H25N5O3S/c1-15(2)29-23-21(14-25-29)20(13-22(27-23)17-7-5-16(3)6-8-17)24(30)26-18-9-11-19(12-10-18)28-33(4,31)32/h5-15,28H,1-4H3,(H,26,30). The van der Waals surface area contributed by atoms with Gasteiger partial charge in [-0.1, -0.05) is 29.8 Å². The predicted octanol–water partition coefficient (Wildman–Crippen LogP) is 4.61. The molecule has 0 saturated carbocycles. The number of nitrogens with one attached hydrogen (secondary N) is 2. The molecule has 0 aliphatic carbocycles. The largest absolute Gasteiger partial charge is 0.322 e. The van der Waals surface area contributed by atoms with Crippen LogP contribution < -0.4 is 10.0 Å². The summed E-state index contributed by atoms with van der Waals surface area (Å²) in [6.07, 6.45) is 2.75. The van der Waals surface area contributed by atoms with Gasteiger partial charge in [0, 0.05) is 23.0 Å². The van der Waals surface area contributed by atoms with E-state index in [1.165, 1.54) is 0 Å². The molecule has 170 valence electrons. The Kier molecular flexibility index (Phi) is 5.90. The van der Waals surface area contributed by atoms with Crippen molar-refractivity contribution in [2.24, 2.45) is 0 Å². The van der Waals surface area contributed by atoms with Crippen LogP contribution in [0.5, 0.6) is 0 Å². The van der Waals surface area contributed by atoms with Crippen molar-refractivity contribution in [1.82, 2.24) is 14.8 Å². The van der Waals surface area contributed by atoms with E-state index in [0.717, 1.165) is 17.4 Å². The molecule has 0 fully saturated rings. The highest BCUT2D eigenvalue weighted by Gasteiger charge is 2.19. The number of carbonyl (C=O) groups excluding carboxylic acids is 1. The summed E-state index contributed by atoms with van der Waals surface area (Å²) in [5.74, 6) is -0.303. The number of nitrogens with zero attached hydrogens (tertiary/aromatic N) is 3. The summed E-state index contributed by atoms with van der Waals surface area (Å²) in [5, 5.41) is 7.99. The maximum Gasteiger partial charge on any atom is 0.256 e. The number of carbonyl (C=O) groups is 1. The second kappa shape index (κ2) is 8.67. The third kappa shape index (κ3) is 5.04. The zero-order valence-electron chi connectivity index (χ0n) is 18.8. The maximum atomic E-state index is 13.3. The van der Waals surface area contributed by atoms with Crippen LogP contribution in [0, 0.1) is 6.92 Å². The fraction of sp³-hybridized carbons (Fsp3) is 0.208. The Morgan fingerprint density at radius 1 is 1.00 bits per heavy atom. The van der Waals surface area contributed by atoms with Gasteiger partial charge in [0.1, 0.15) is 0 Å². The number of fused-ring (bicyclic) bond motifs is 1. The molecule has 33 heavy (non-hydrogen) atoms. The number of hydrogen-bond acceptors (Lipinski definition) is 5. The highest BCUT2D eigenvalue weighted by molar-refractivity contribution is 7.92. The molecule has 9 heteroatoms. The molecule has 0 aliphatic rings. The van der Waals surface area contributed by atoms with Gasteiger partial charge in [-0.2, -0.15) is 5.10 Å². The molecular weight excluding hydrogens is 438 g/mol. The maximum absolute atomic E-state index is 13.3. The summed E-state index contributed by atoms with van der Waals surface area (Å²) in [6, 6.07) is 16.3. The molecule has 4 aromatic rings. The Labute approximate surface area is 192 Å². The van der Waals surface area contributed by atoms with Gasteiger partial charge in [0.25, 0.3) is 5.91 Å². The van der Waals surface area contributed by atoms with Gasteiger partial charge in [0.2, 0.25) is 10.0 Å². The van der Waals surface area contributed by atoms with Crippen LogP contribution >= 0.6 is 0 Å². The molecule has 2 N–H and O–H groups in total. The molecule has 2 aromatic carbocycles. The molecule has 2 aromatic heterocycles. The van der Waals surface area contributed by atoms with E-state index < -0.39 is 10.0 Å². The van der Waals surface area contributed by atoms with Crippen LogP contribution in [-0.2, 0) is 10.0 Å². The van der Waals surface area contributed by atoms with Gasteiger partial charge in [-0.3, -0.25) is 9.52 Å². The van der Waals surface area contributed by atoms with Crippen LogP contribution in [-0.4, -0.2) is 35.3 Å². The SMILES string of the molecule is Cc1ccc(-c2cc(C(=O)Nc3ccc(NS(C)(=O)=O)cc3)c3cnn(C(C)C)c3n2)cc1. The normalized spacial score (nSPS) is 11.7. The molecule has 4 rings (SSSR count). The molecule has 1 amide bonds. The molecule has 0 radical (unpaired) electrons. The van der Waals surface area contributed by atoms with Gasteiger partial charge in [-0.15, -0.1) is 0 Å². The van der Waals surface area contributed by atoms with Gasteiger partial charge in [-0.05, 0) is 51.1 Å². The van der Waals surface area contributed by atoms with E-state index in [1.54, 1.807) is 41.2 Å². The van der Waals surface area contributed by atoms with E-state index in [2.05, 4.69) is 15.1 Å². The van der Waals surface area contributed by atoms with Gasteiger partial charge < -0.3 is 5.32 Å². The topological polar surface area (TPSA) is 106 Å². The second-order valence-electron chi connectivity index (χ2n) is 8.25. The third-order valence-corrected chi connectivity index (χ3v) is 5.70. The molecule has 0 atom stereocenters. The minimum Gasteiger partial charge on any atom is -0.322 e. The zero-order valence-corrected chi connectivity index (χ0v) is 19.6. The Morgan fingerprint density at radius 2 is 1.64 bits per heavy atom. The highest BCUT2D eigenvalue weighted by Crippen LogP contribution is 2.27. The van der Waals surface area contributed by atoms with Crippen molar-refractivity contribution in [3.05, 3.63) is 71.9 Å². The molecular formula is C24H25N5O3S. The van der Waals surface area contributed by atoms with Crippen LogP contribution in [0.4, 0.5) is 11.4 Å². The lowest BCUT2D eigenvalue weighted by Crippen LogP contribution is -2.14. The molecule has 0 bridgehead atoms. The van der Waals surface area contributed by atoms with E-state index in [0.29, 0.717) is 33.7 Å². The summed E-state index contributed by atoms with van der Waals surface area (Å²) in [4.78, 5) is 18.1. The van der Waals surface area contributed by atoms with Crippen molar-refractivity contribution in [2.75, 3.05) is 16.3 Å². The summed E-state index contributed by atoms with van der Waals surface area (Å²) >= 11 is 0. The highest BCUT2D eigenvalue weighted by atomic mass is 32.2. The van der Waals surface area contributed by atoms with Crippen molar-refractivity contribution in [2.45, 2.75) is 26.8 Å². The van der Waals surface area contributed by atoms with Gasteiger partial charge in [-0.25, -0.2) is 18.1 Å². The Morgan fingerprint density at radius 3 is 2.24 bits per heavy atom. The number of aryl methyl sites for hydroxylation is 1. The zero-order chi connectivity index (χ0) is 23.8. The number of aromatic nitrogens is 3. The minimum absolute atomic E-state index is 0.0778. The van der Waals surface area contributed by atoms with Gasteiger partial charge in [0.05, 0.1) is 29.1 Å². The van der Waals surface area contributed by atoms with Crippen molar-refractivity contribution >= 4 is 38.3 Å². The van der Waals surface area contributed by atoms with E-state index in [4.69, 9.17) is 4.98 Å². The first-order valence-corrected chi connectivity index (χ1v) is 12.3. The monoisotopic (exact) mass is 463 g/mol. The quantitative estimate of drug-likeness (QED) is 0.434.